The van der Waals surface area contributed by atoms with Crippen LogP contribution in [0.25, 0.3) is 0 Å². The van der Waals surface area contributed by atoms with Gasteiger partial charge in [0, 0.05) is 18.9 Å². The van der Waals surface area contributed by atoms with Gasteiger partial charge in [0.25, 0.3) is 0 Å². The molecule has 0 aliphatic rings. The lowest BCUT2D eigenvalue weighted by molar-refractivity contribution is -0.122. The summed E-state index contributed by atoms with van der Waals surface area (Å²) in [4.78, 5) is 15.4. The molecule has 1 aromatic rings. The molecule has 1 aromatic heterocycles. The number of carbonyl (C=O) groups excluding carboxylic acids is 1. The Bertz CT molecular complexity index is 473. The summed E-state index contributed by atoms with van der Waals surface area (Å²) in [7, 11) is -3.37. The molecule has 2 N–H and O–H groups in total. The Morgan fingerprint density at radius 2 is 2.24 bits per heavy atom. The summed E-state index contributed by atoms with van der Waals surface area (Å²) in [6.45, 7) is 1.81. The molecule has 1 heterocycles. The van der Waals surface area contributed by atoms with Crippen molar-refractivity contribution in [3.8, 4) is 0 Å². The molecule has 0 aliphatic carbocycles. The van der Waals surface area contributed by atoms with Crippen molar-refractivity contribution in [3.63, 3.8) is 0 Å². The van der Waals surface area contributed by atoms with E-state index in [2.05, 4.69) is 15.0 Å². The van der Waals surface area contributed by atoms with Crippen LogP contribution in [0.1, 0.15) is 12.5 Å². The van der Waals surface area contributed by atoms with Crippen molar-refractivity contribution < 1.29 is 13.2 Å². The van der Waals surface area contributed by atoms with E-state index in [0.29, 0.717) is 6.54 Å². The molecule has 6 nitrogen and oxygen atoms in total. The van der Waals surface area contributed by atoms with E-state index < -0.39 is 16.1 Å². The highest BCUT2D eigenvalue weighted by atomic mass is 32.2. The fourth-order valence-corrected chi connectivity index (χ4v) is 1.97. The zero-order chi connectivity index (χ0) is 12.9. The third-order valence-electron chi connectivity index (χ3n) is 1.97. The summed E-state index contributed by atoms with van der Waals surface area (Å²) >= 11 is 0. The van der Waals surface area contributed by atoms with Gasteiger partial charge in [0.1, 0.15) is 0 Å². The van der Waals surface area contributed by atoms with E-state index in [0.717, 1.165) is 11.8 Å². The summed E-state index contributed by atoms with van der Waals surface area (Å²) in [6, 6.07) is 2.79. The molecular weight excluding hydrogens is 242 g/mol. The van der Waals surface area contributed by atoms with Crippen LogP contribution in [0.5, 0.6) is 0 Å². The van der Waals surface area contributed by atoms with Crippen molar-refractivity contribution in [2.45, 2.75) is 19.5 Å². The van der Waals surface area contributed by atoms with E-state index in [-0.39, 0.29) is 5.91 Å². The Morgan fingerprint density at radius 1 is 1.53 bits per heavy atom. The SMILES string of the molecule is C[C@H](NS(C)(=O)=O)C(=O)NCc1cccnc1. The molecule has 1 rings (SSSR count). The van der Waals surface area contributed by atoms with Crippen molar-refractivity contribution in [2.75, 3.05) is 6.26 Å². The van der Waals surface area contributed by atoms with Crippen LogP contribution in [0, 0.1) is 0 Å². The van der Waals surface area contributed by atoms with Crippen molar-refractivity contribution in [1.82, 2.24) is 15.0 Å². The second-order valence-corrected chi connectivity index (χ2v) is 5.47. The largest absolute Gasteiger partial charge is 0.351 e. The number of nitrogens with zero attached hydrogens (tertiary/aromatic N) is 1. The van der Waals surface area contributed by atoms with Gasteiger partial charge in [-0.15, -0.1) is 0 Å². The van der Waals surface area contributed by atoms with Crippen molar-refractivity contribution in [3.05, 3.63) is 30.1 Å². The molecule has 94 valence electrons. The van der Waals surface area contributed by atoms with Gasteiger partial charge in [-0.2, -0.15) is 0 Å². The molecule has 0 bridgehead atoms. The van der Waals surface area contributed by atoms with Gasteiger partial charge in [-0.3, -0.25) is 9.78 Å². The number of carbonyl (C=O) groups is 1. The maximum atomic E-state index is 11.5. The zero-order valence-electron chi connectivity index (χ0n) is 9.67. The molecule has 0 unspecified atom stereocenters. The molecule has 0 aliphatic heterocycles. The molecular formula is C10H15N3O3S. The number of hydrogen-bond donors (Lipinski definition) is 2. The smallest absolute Gasteiger partial charge is 0.238 e. The third kappa shape index (κ3) is 5.41. The lowest BCUT2D eigenvalue weighted by Crippen LogP contribution is -2.44. The lowest BCUT2D eigenvalue weighted by atomic mass is 10.2. The van der Waals surface area contributed by atoms with Gasteiger partial charge < -0.3 is 5.32 Å². The molecule has 0 aromatic carbocycles. The van der Waals surface area contributed by atoms with E-state index >= 15 is 0 Å². The Balaban J connectivity index is 2.45. The lowest BCUT2D eigenvalue weighted by Gasteiger charge is -2.12. The first-order valence-electron chi connectivity index (χ1n) is 5.02. The number of nitrogens with one attached hydrogen (secondary N) is 2. The molecule has 0 spiro atoms. The normalized spacial score (nSPS) is 13.1. The average Bonchev–Trinajstić information content (AvgIpc) is 2.25. The van der Waals surface area contributed by atoms with E-state index in [1.54, 1.807) is 18.5 Å². The van der Waals surface area contributed by atoms with Crippen LogP contribution >= 0.6 is 0 Å². The summed E-state index contributed by atoms with van der Waals surface area (Å²) in [5.74, 6) is -0.376. The van der Waals surface area contributed by atoms with Gasteiger partial charge in [0.15, 0.2) is 0 Å². The van der Waals surface area contributed by atoms with Crippen LogP contribution < -0.4 is 10.0 Å². The summed E-state index contributed by atoms with van der Waals surface area (Å²) in [5.41, 5.74) is 0.854. The minimum Gasteiger partial charge on any atom is -0.351 e. The predicted octanol–water partition coefficient (Wildman–Crippen LogP) is -0.364. The fraction of sp³-hybridized carbons (Fsp3) is 0.400. The van der Waals surface area contributed by atoms with Crippen LogP contribution in [-0.2, 0) is 21.4 Å². The Labute approximate surface area is 100 Å². The Morgan fingerprint density at radius 3 is 2.76 bits per heavy atom. The van der Waals surface area contributed by atoms with Gasteiger partial charge >= 0.3 is 0 Å². The van der Waals surface area contributed by atoms with Crippen LogP contribution in [0.3, 0.4) is 0 Å². The molecule has 1 atom stereocenters. The summed E-state index contributed by atoms with van der Waals surface area (Å²) in [6.07, 6.45) is 4.28. The zero-order valence-corrected chi connectivity index (χ0v) is 10.5. The highest BCUT2D eigenvalue weighted by molar-refractivity contribution is 7.88. The van der Waals surface area contributed by atoms with Crippen molar-refractivity contribution in [2.24, 2.45) is 0 Å². The summed E-state index contributed by atoms with van der Waals surface area (Å²) in [5, 5.41) is 2.62. The first kappa shape index (κ1) is 13.6. The third-order valence-corrected chi connectivity index (χ3v) is 2.76. The fourth-order valence-electron chi connectivity index (χ4n) is 1.22. The maximum Gasteiger partial charge on any atom is 0.238 e. The Kier molecular flexibility index (Phi) is 4.59. The molecule has 17 heavy (non-hydrogen) atoms. The van der Waals surface area contributed by atoms with E-state index in [9.17, 15) is 13.2 Å². The topological polar surface area (TPSA) is 88.2 Å². The monoisotopic (exact) mass is 257 g/mol. The molecule has 0 fully saturated rings. The first-order valence-corrected chi connectivity index (χ1v) is 6.91. The van der Waals surface area contributed by atoms with E-state index in [1.165, 1.54) is 6.92 Å². The minimum absolute atomic E-state index is 0.322. The minimum atomic E-state index is -3.37. The van der Waals surface area contributed by atoms with E-state index in [4.69, 9.17) is 0 Å². The van der Waals surface area contributed by atoms with Crippen LogP contribution in [0.15, 0.2) is 24.5 Å². The highest BCUT2D eigenvalue weighted by Crippen LogP contribution is 1.95. The maximum absolute atomic E-state index is 11.5. The standard InChI is InChI=1S/C10H15N3O3S/c1-8(13-17(2,15)16)10(14)12-7-9-4-3-5-11-6-9/h3-6,8,13H,7H2,1-2H3,(H,12,14)/t8-/m0/s1. The highest BCUT2D eigenvalue weighted by Gasteiger charge is 2.16. The number of pyridine rings is 1. The number of sulfonamides is 1. The molecule has 0 saturated heterocycles. The predicted molar refractivity (Wildman–Crippen MR) is 63.5 cm³/mol. The molecule has 7 heteroatoms. The molecule has 1 amide bonds. The van der Waals surface area contributed by atoms with Crippen molar-refractivity contribution in [1.29, 1.82) is 0 Å². The Hall–Kier alpha value is -1.47. The summed E-state index contributed by atoms with van der Waals surface area (Å²) < 4.78 is 24.0. The van der Waals surface area contributed by atoms with Crippen molar-refractivity contribution >= 4 is 15.9 Å². The number of aromatic nitrogens is 1. The van der Waals surface area contributed by atoms with Gasteiger partial charge in [0.2, 0.25) is 15.9 Å². The van der Waals surface area contributed by atoms with Crippen LogP contribution in [-0.4, -0.2) is 31.6 Å². The van der Waals surface area contributed by atoms with Crippen LogP contribution in [0.2, 0.25) is 0 Å². The van der Waals surface area contributed by atoms with E-state index in [1.807, 2.05) is 6.07 Å². The second kappa shape index (κ2) is 5.74. The number of rotatable bonds is 5. The molecule has 0 saturated carbocycles. The van der Waals surface area contributed by atoms with Crippen LogP contribution in [0.4, 0.5) is 0 Å². The van der Waals surface area contributed by atoms with Gasteiger partial charge in [0.05, 0.1) is 12.3 Å². The molecule has 0 radical (unpaired) electrons. The van der Waals surface area contributed by atoms with Gasteiger partial charge in [-0.1, -0.05) is 6.07 Å². The average molecular weight is 257 g/mol. The number of amides is 1. The number of hydrogen-bond acceptors (Lipinski definition) is 4. The first-order chi connectivity index (χ1) is 7.88. The second-order valence-electron chi connectivity index (χ2n) is 3.69. The van der Waals surface area contributed by atoms with Gasteiger partial charge in [-0.05, 0) is 18.6 Å². The van der Waals surface area contributed by atoms with Gasteiger partial charge in [-0.25, -0.2) is 13.1 Å². The quantitative estimate of drug-likeness (QED) is 0.753.